The van der Waals surface area contributed by atoms with E-state index < -0.39 is 0 Å². The van der Waals surface area contributed by atoms with Crippen LogP contribution in [-0.4, -0.2) is 65.5 Å². The Hall–Kier alpha value is -1.24. The van der Waals surface area contributed by atoms with E-state index in [0.717, 1.165) is 51.1 Å². The lowest BCUT2D eigenvalue weighted by Crippen LogP contribution is -2.56. The number of urea groups is 1. The fraction of sp³-hybridized carbons (Fsp3) is 0.611. The number of thioether (sulfide) groups is 1. The summed E-state index contributed by atoms with van der Waals surface area (Å²) in [5, 5.41) is 13.2. The second-order valence-corrected chi connectivity index (χ2v) is 7.48. The summed E-state index contributed by atoms with van der Waals surface area (Å²) >= 11 is 1.69. The summed E-state index contributed by atoms with van der Waals surface area (Å²) in [5.41, 5.74) is 0.836. The average molecular weight is 350 g/mol. The molecule has 2 fully saturated rings. The Kier molecular flexibility index (Phi) is 6.03. The number of piperazine rings is 1. The van der Waals surface area contributed by atoms with Crippen molar-refractivity contribution in [2.75, 3.05) is 37.8 Å². The predicted octanol–water partition coefficient (Wildman–Crippen LogP) is 2.86. The highest BCUT2D eigenvalue weighted by molar-refractivity contribution is 7.98. The van der Waals surface area contributed by atoms with E-state index in [1.165, 1.54) is 11.3 Å². The summed E-state index contributed by atoms with van der Waals surface area (Å²) in [5.74, 6) is 0. The zero-order valence-corrected chi connectivity index (χ0v) is 15.1. The molecular formula is C18H27N3O2S. The summed E-state index contributed by atoms with van der Waals surface area (Å²) in [7, 11) is 0. The van der Waals surface area contributed by atoms with Crippen molar-refractivity contribution in [3.05, 3.63) is 24.3 Å². The van der Waals surface area contributed by atoms with E-state index in [4.69, 9.17) is 0 Å². The molecule has 1 saturated carbocycles. The maximum absolute atomic E-state index is 12.4. The van der Waals surface area contributed by atoms with Gasteiger partial charge in [-0.3, -0.25) is 4.90 Å². The van der Waals surface area contributed by atoms with Gasteiger partial charge in [0, 0.05) is 42.8 Å². The molecule has 0 radical (unpaired) electrons. The average Bonchev–Trinajstić information content (AvgIpc) is 2.63. The third-order valence-corrected chi connectivity index (χ3v) is 5.85. The molecule has 2 amide bonds. The second-order valence-electron chi connectivity index (χ2n) is 6.60. The third kappa shape index (κ3) is 4.23. The maximum atomic E-state index is 12.4. The van der Waals surface area contributed by atoms with Crippen LogP contribution in [0.15, 0.2) is 29.2 Å². The van der Waals surface area contributed by atoms with Crippen molar-refractivity contribution in [3.63, 3.8) is 0 Å². The van der Waals surface area contributed by atoms with Gasteiger partial charge in [0.25, 0.3) is 0 Å². The molecule has 1 aromatic rings. The lowest BCUT2D eigenvalue weighted by Gasteiger charge is -2.42. The van der Waals surface area contributed by atoms with E-state index in [9.17, 15) is 9.90 Å². The Morgan fingerprint density at radius 1 is 1.12 bits per heavy atom. The van der Waals surface area contributed by atoms with Gasteiger partial charge in [-0.05, 0) is 43.4 Å². The number of anilines is 1. The molecule has 132 valence electrons. The smallest absolute Gasteiger partial charge is 0.321 e. The molecule has 2 atom stereocenters. The lowest BCUT2D eigenvalue weighted by molar-refractivity contribution is 0.00275. The van der Waals surface area contributed by atoms with Crippen LogP contribution in [0.3, 0.4) is 0 Å². The number of nitrogens with one attached hydrogen (secondary N) is 1. The molecule has 1 aromatic carbocycles. The van der Waals surface area contributed by atoms with Crippen molar-refractivity contribution in [2.24, 2.45) is 0 Å². The van der Waals surface area contributed by atoms with Crippen molar-refractivity contribution in [2.45, 2.75) is 42.7 Å². The van der Waals surface area contributed by atoms with Gasteiger partial charge in [0.15, 0.2) is 0 Å². The number of nitrogens with zero attached hydrogens (tertiary/aromatic N) is 2. The minimum absolute atomic E-state index is 0.0317. The van der Waals surface area contributed by atoms with Gasteiger partial charge in [-0.15, -0.1) is 11.8 Å². The first-order valence-electron chi connectivity index (χ1n) is 8.79. The molecule has 0 aromatic heterocycles. The van der Waals surface area contributed by atoms with E-state index in [0.29, 0.717) is 0 Å². The molecular weight excluding hydrogens is 322 g/mol. The monoisotopic (exact) mass is 349 g/mol. The molecule has 2 aliphatic rings. The van der Waals surface area contributed by atoms with Crippen LogP contribution in [0.5, 0.6) is 0 Å². The van der Waals surface area contributed by atoms with Crippen LogP contribution in [0.25, 0.3) is 0 Å². The van der Waals surface area contributed by atoms with Gasteiger partial charge in [-0.1, -0.05) is 12.8 Å². The molecule has 2 N–H and O–H groups in total. The topological polar surface area (TPSA) is 55.8 Å². The van der Waals surface area contributed by atoms with E-state index in [-0.39, 0.29) is 18.2 Å². The molecule has 1 saturated heterocycles. The Labute approximate surface area is 148 Å². The van der Waals surface area contributed by atoms with Gasteiger partial charge in [0.2, 0.25) is 0 Å². The Bertz CT molecular complexity index is 544. The normalized spacial score (nSPS) is 25.5. The first kappa shape index (κ1) is 17.6. The summed E-state index contributed by atoms with van der Waals surface area (Å²) < 4.78 is 0. The van der Waals surface area contributed by atoms with Crippen LogP contribution in [0.1, 0.15) is 25.7 Å². The van der Waals surface area contributed by atoms with Gasteiger partial charge < -0.3 is 15.3 Å². The number of aliphatic hydroxyl groups is 1. The molecule has 1 aliphatic heterocycles. The summed E-state index contributed by atoms with van der Waals surface area (Å²) in [6, 6.07) is 8.17. The quantitative estimate of drug-likeness (QED) is 0.824. The highest BCUT2D eigenvalue weighted by Gasteiger charge is 2.31. The minimum Gasteiger partial charge on any atom is -0.391 e. The Morgan fingerprint density at radius 2 is 1.79 bits per heavy atom. The number of rotatable bonds is 3. The molecule has 1 aliphatic carbocycles. The standard InChI is InChI=1S/C18H27N3O2S/c1-24-15-8-6-14(7-9-15)19-18(23)21-12-10-20(11-13-21)16-4-2-3-5-17(16)22/h6-9,16-17,22H,2-5,10-13H2,1H3,(H,19,23). The Morgan fingerprint density at radius 3 is 2.42 bits per heavy atom. The van der Waals surface area contributed by atoms with E-state index in [2.05, 4.69) is 10.2 Å². The molecule has 0 bridgehead atoms. The number of hydrogen-bond donors (Lipinski definition) is 2. The van der Waals surface area contributed by atoms with Crippen LogP contribution in [0, 0.1) is 0 Å². The number of carbonyl (C=O) groups excluding carboxylic acids is 1. The fourth-order valence-electron chi connectivity index (χ4n) is 3.65. The van der Waals surface area contributed by atoms with Crippen molar-refractivity contribution in [1.29, 1.82) is 0 Å². The molecule has 0 spiro atoms. The minimum atomic E-state index is -0.200. The van der Waals surface area contributed by atoms with Crippen LogP contribution in [-0.2, 0) is 0 Å². The van der Waals surface area contributed by atoms with Crippen LogP contribution < -0.4 is 5.32 Å². The highest BCUT2D eigenvalue weighted by Crippen LogP contribution is 2.24. The molecule has 6 heteroatoms. The number of amides is 2. The number of aliphatic hydroxyl groups excluding tert-OH is 1. The van der Waals surface area contributed by atoms with Crippen molar-refractivity contribution >= 4 is 23.5 Å². The molecule has 1 heterocycles. The Balaban J connectivity index is 1.49. The van der Waals surface area contributed by atoms with E-state index >= 15 is 0 Å². The zero-order chi connectivity index (χ0) is 16.9. The second kappa shape index (κ2) is 8.23. The highest BCUT2D eigenvalue weighted by atomic mass is 32.2. The summed E-state index contributed by atoms with van der Waals surface area (Å²) in [6.07, 6.45) is 6.17. The summed E-state index contributed by atoms with van der Waals surface area (Å²) in [4.78, 5) is 17.8. The van der Waals surface area contributed by atoms with Gasteiger partial charge >= 0.3 is 6.03 Å². The van der Waals surface area contributed by atoms with E-state index in [1.807, 2.05) is 35.4 Å². The maximum Gasteiger partial charge on any atom is 0.321 e. The van der Waals surface area contributed by atoms with Crippen LogP contribution in [0.2, 0.25) is 0 Å². The first-order chi connectivity index (χ1) is 11.7. The fourth-order valence-corrected chi connectivity index (χ4v) is 4.06. The van der Waals surface area contributed by atoms with Gasteiger partial charge in [-0.2, -0.15) is 0 Å². The number of hydrogen-bond acceptors (Lipinski definition) is 4. The molecule has 2 unspecified atom stereocenters. The van der Waals surface area contributed by atoms with Crippen molar-refractivity contribution in [1.82, 2.24) is 9.80 Å². The zero-order valence-electron chi connectivity index (χ0n) is 14.3. The van der Waals surface area contributed by atoms with Crippen LogP contribution in [0.4, 0.5) is 10.5 Å². The predicted molar refractivity (Wildman–Crippen MR) is 98.7 cm³/mol. The number of benzene rings is 1. The van der Waals surface area contributed by atoms with Gasteiger partial charge in [-0.25, -0.2) is 4.79 Å². The molecule has 5 nitrogen and oxygen atoms in total. The first-order valence-corrected chi connectivity index (χ1v) is 10.0. The largest absolute Gasteiger partial charge is 0.391 e. The molecule has 24 heavy (non-hydrogen) atoms. The lowest BCUT2D eigenvalue weighted by atomic mass is 9.91. The molecule has 3 rings (SSSR count). The third-order valence-electron chi connectivity index (χ3n) is 5.11. The van der Waals surface area contributed by atoms with Gasteiger partial charge in [0.05, 0.1) is 6.10 Å². The summed E-state index contributed by atoms with van der Waals surface area (Å²) in [6.45, 7) is 3.14. The SMILES string of the molecule is CSc1ccc(NC(=O)N2CCN(C3CCCCC3O)CC2)cc1. The van der Waals surface area contributed by atoms with Crippen molar-refractivity contribution < 1.29 is 9.90 Å². The van der Waals surface area contributed by atoms with Crippen LogP contribution >= 0.6 is 11.8 Å². The van der Waals surface area contributed by atoms with Crippen molar-refractivity contribution in [3.8, 4) is 0 Å². The van der Waals surface area contributed by atoms with Gasteiger partial charge in [0.1, 0.15) is 0 Å². The number of carbonyl (C=O) groups is 1. The van der Waals surface area contributed by atoms with E-state index in [1.54, 1.807) is 11.8 Å².